The van der Waals surface area contributed by atoms with E-state index in [9.17, 15) is 9.59 Å². The lowest BCUT2D eigenvalue weighted by molar-refractivity contribution is -0.139. The smallest absolute Gasteiger partial charge is 0.265 e. The molecule has 2 heterocycles. The molecule has 0 radical (unpaired) electrons. The average Bonchev–Trinajstić information content (AvgIpc) is 2.83. The average molecular weight is 425 g/mol. The van der Waals surface area contributed by atoms with Crippen molar-refractivity contribution in [2.75, 3.05) is 44.8 Å². The predicted octanol–water partition coefficient (Wildman–Crippen LogP) is 1.69. The van der Waals surface area contributed by atoms with E-state index in [2.05, 4.69) is 10.2 Å². The number of fused-ring (bicyclic) bond motifs is 1. The summed E-state index contributed by atoms with van der Waals surface area (Å²) < 4.78 is 16.5. The van der Waals surface area contributed by atoms with Gasteiger partial charge in [-0.15, -0.1) is 0 Å². The normalized spacial score (nSPS) is 18.8. The zero-order valence-corrected chi connectivity index (χ0v) is 17.7. The fourth-order valence-corrected chi connectivity index (χ4v) is 3.77. The van der Waals surface area contributed by atoms with Crippen molar-refractivity contribution < 1.29 is 23.8 Å². The molecule has 2 aromatic carbocycles. The molecular weight excluding hydrogens is 398 g/mol. The van der Waals surface area contributed by atoms with Gasteiger partial charge >= 0.3 is 0 Å². The topological polar surface area (TPSA) is 80.3 Å². The number of carbonyl (C=O) groups is 2. The highest BCUT2D eigenvalue weighted by atomic mass is 16.6. The molecule has 0 aromatic heterocycles. The molecule has 31 heavy (non-hydrogen) atoms. The largest absolute Gasteiger partial charge is 0.497 e. The summed E-state index contributed by atoms with van der Waals surface area (Å²) in [5.74, 6) is 1.51. The fraction of sp³-hybridized carbons (Fsp3) is 0.391. The van der Waals surface area contributed by atoms with Crippen LogP contribution >= 0.6 is 0 Å². The van der Waals surface area contributed by atoms with Gasteiger partial charge in [-0.1, -0.05) is 12.1 Å². The van der Waals surface area contributed by atoms with Crippen LogP contribution < -0.4 is 24.4 Å². The highest BCUT2D eigenvalue weighted by molar-refractivity contribution is 5.89. The van der Waals surface area contributed by atoms with Crippen molar-refractivity contribution in [2.24, 2.45) is 0 Å². The van der Waals surface area contributed by atoms with E-state index in [1.807, 2.05) is 36.4 Å². The first-order valence-corrected chi connectivity index (χ1v) is 10.4. The number of carbonyl (C=O) groups excluding carboxylic acids is 2. The van der Waals surface area contributed by atoms with Crippen LogP contribution in [-0.2, 0) is 9.59 Å². The van der Waals surface area contributed by atoms with Gasteiger partial charge in [0.15, 0.2) is 11.5 Å². The third-order valence-electron chi connectivity index (χ3n) is 5.56. The summed E-state index contributed by atoms with van der Waals surface area (Å²) in [7, 11) is 1.64. The lowest BCUT2D eigenvalue weighted by Gasteiger charge is -2.37. The minimum atomic E-state index is -0.780. The molecule has 0 spiro atoms. The first kappa shape index (κ1) is 20.8. The third kappa shape index (κ3) is 4.68. The molecule has 8 nitrogen and oxygen atoms in total. The van der Waals surface area contributed by atoms with Gasteiger partial charge in [0.25, 0.3) is 5.91 Å². The first-order valence-electron chi connectivity index (χ1n) is 10.4. The quantitative estimate of drug-likeness (QED) is 0.785. The Kier molecular flexibility index (Phi) is 6.16. The Labute approximate surface area is 181 Å². The van der Waals surface area contributed by atoms with Crippen LogP contribution in [0.15, 0.2) is 48.5 Å². The number of amides is 2. The van der Waals surface area contributed by atoms with Crippen LogP contribution in [0.3, 0.4) is 0 Å². The highest BCUT2D eigenvalue weighted by Crippen LogP contribution is 2.30. The van der Waals surface area contributed by atoms with Gasteiger partial charge in [-0.2, -0.15) is 0 Å². The van der Waals surface area contributed by atoms with Gasteiger partial charge in [0, 0.05) is 31.9 Å². The molecule has 0 saturated carbocycles. The van der Waals surface area contributed by atoms with Gasteiger partial charge in [0.1, 0.15) is 18.4 Å². The second-order valence-corrected chi connectivity index (χ2v) is 7.60. The van der Waals surface area contributed by atoms with Crippen LogP contribution in [0.2, 0.25) is 0 Å². The Morgan fingerprint density at radius 2 is 1.71 bits per heavy atom. The number of hydrogen-bond acceptors (Lipinski definition) is 6. The van der Waals surface area contributed by atoms with Gasteiger partial charge in [0.05, 0.1) is 7.11 Å². The van der Waals surface area contributed by atoms with Crippen molar-refractivity contribution in [3.8, 4) is 17.2 Å². The minimum absolute atomic E-state index is 0.0974. The summed E-state index contributed by atoms with van der Waals surface area (Å²) in [5, 5.41) is 2.77. The van der Waals surface area contributed by atoms with E-state index in [4.69, 9.17) is 14.2 Å². The number of hydrogen-bond donors (Lipinski definition) is 1. The highest BCUT2D eigenvalue weighted by Gasteiger charge is 2.31. The lowest BCUT2D eigenvalue weighted by Crippen LogP contribution is -2.56. The van der Waals surface area contributed by atoms with Crippen molar-refractivity contribution in [3.05, 3.63) is 48.5 Å². The zero-order valence-electron chi connectivity index (χ0n) is 17.7. The number of methoxy groups -OCH3 is 1. The predicted molar refractivity (Wildman–Crippen MR) is 116 cm³/mol. The Morgan fingerprint density at radius 1 is 1.03 bits per heavy atom. The van der Waals surface area contributed by atoms with Crippen LogP contribution in [0.1, 0.15) is 6.92 Å². The molecule has 4 rings (SSSR count). The SMILES string of the molecule is COc1ccc(N2CCN(C(=O)[C@@H](C)NC(=O)[C@@H]3COc4ccccc4O3)CC2)cc1. The van der Waals surface area contributed by atoms with E-state index in [1.165, 1.54) is 0 Å². The van der Waals surface area contributed by atoms with E-state index in [-0.39, 0.29) is 18.4 Å². The maximum absolute atomic E-state index is 12.8. The number of para-hydroxylation sites is 2. The molecule has 1 saturated heterocycles. The Bertz CT molecular complexity index is 925. The fourth-order valence-electron chi connectivity index (χ4n) is 3.77. The maximum atomic E-state index is 12.8. The summed E-state index contributed by atoms with van der Waals surface area (Å²) in [6.45, 7) is 4.48. The molecule has 0 bridgehead atoms. The summed E-state index contributed by atoms with van der Waals surface area (Å²) in [5.41, 5.74) is 1.10. The number of ether oxygens (including phenoxy) is 3. The Morgan fingerprint density at radius 3 is 2.39 bits per heavy atom. The Balaban J connectivity index is 1.27. The van der Waals surface area contributed by atoms with Crippen molar-refractivity contribution in [1.82, 2.24) is 10.2 Å². The summed E-state index contributed by atoms with van der Waals surface area (Å²) in [6.07, 6.45) is -0.780. The number of piperazine rings is 1. The van der Waals surface area contributed by atoms with Crippen LogP contribution in [0, 0.1) is 0 Å². The van der Waals surface area contributed by atoms with E-state index in [1.54, 1.807) is 31.1 Å². The van der Waals surface area contributed by atoms with Gasteiger partial charge in [0.2, 0.25) is 12.0 Å². The van der Waals surface area contributed by atoms with Crippen molar-refractivity contribution >= 4 is 17.5 Å². The maximum Gasteiger partial charge on any atom is 0.265 e. The molecule has 0 unspecified atom stereocenters. The van der Waals surface area contributed by atoms with Crippen LogP contribution in [0.25, 0.3) is 0 Å². The van der Waals surface area contributed by atoms with Crippen LogP contribution in [-0.4, -0.2) is 68.8 Å². The molecule has 2 amide bonds. The molecule has 8 heteroatoms. The van der Waals surface area contributed by atoms with Crippen LogP contribution in [0.5, 0.6) is 17.2 Å². The molecule has 1 N–H and O–H groups in total. The van der Waals surface area contributed by atoms with Gasteiger partial charge in [-0.25, -0.2) is 0 Å². The zero-order chi connectivity index (χ0) is 21.8. The molecule has 2 aliphatic rings. The van der Waals surface area contributed by atoms with E-state index >= 15 is 0 Å². The number of nitrogens with one attached hydrogen (secondary N) is 1. The lowest BCUT2D eigenvalue weighted by atomic mass is 10.2. The molecule has 2 atom stereocenters. The number of nitrogens with zero attached hydrogens (tertiary/aromatic N) is 2. The van der Waals surface area contributed by atoms with Crippen LogP contribution in [0.4, 0.5) is 5.69 Å². The van der Waals surface area contributed by atoms with Gasteiger partial charge in [-0.05, 0) is 43.3 Å². The van der Waals surface area contributed by atoms with E-state index < -0.39 is 12.1 Å². The summed E-state index contributed by atoms with van der Waals surface area (Å²) >= 11 is 0. The number of benzene rings is 2. The first-order chi connectivity index (χ1) is 15.0. The minimum Gasteiger partial charge on any atom is -0.497 e. The number of anilines is 1. The van der Waals surface area contributed by atoms with E-state index in [0.29, 0.717) is 24.6 Å². The number of rotatable bonds is 5. The van der Waals surface area contributed by atoms with Gasteiger partial charge in [-0.3, -0.25) is 9.59 Å². The molecule has 0 aliphatic carbocycles. The second kappa shape index (κ2) is 9.16. The Hall–Kier alpha value is -3.42. The van der Waals surface area contributed by atoms with Crippen molar-refractivity contribution in [2.45, 2.75) is 19.1 Å². The monoisotopic (exact) mass is 425 g/mol. The summed E-state index contributed by atoms with van der Waals surface area (Å²) in [4.78, 5) is 29.5. The molecule has 2 aliphatic heterocycles. The third-order valence-corrected chi connectivity index (χ3v) is 5.56. The molecule has 1 fully saturated rings. The summed E-state index contributed by atoms with van der Waals surface area (Å²) in [6, 6.07) is 14.5. The second-order valence-electron chi connectivity index (χ2n) is 7.60. The van der Waals surface area contributed by atoms with Crippen molar-refractivity contribution in [3.63, 3.8) is 0 Å². The molecular formula is C23H27N3O5. The van der Waals surface area contributed by atoms with Gasteiger partial charge < -0.3 is 29.3 Å². The molecule has 2 aromatic rings. The van der Waals surface area contributed by atoms with E-state index in [0.717, 1.165) is 24.5 Å². The van der Waals surface area contributed by atoms with Crippen molar-refractivity contribution in [1.29, 1.82) is 0 Å². The molecule has 164 valence electrons. The standard InChI is InChI=1S/C23H27N3O5/c1-16(24-22(27)21-15-30-19-5-3-4-6-20(19)31-21)23(28)26-13-11-25(12-14-26)17-7-9-18(29-2)10-8-17/h3-10,16,21H,11-15H2,1-2H3,(H,24,27)/t16-,21+/m1/s1.